The molecule has 0 aliphatic heterocycles. The van der Waals surface area contributed by atoms with Gasteiger partial charge in [0, 0.05) is 22.1 Å². The van der Waals surface area contributed by atoms with Gasteiger partial charge in [-0.1, -0.05) is 183 Å². The van der Waals surface area contributed by atoms with Crippen LogP contribution in [0.25, 0.3) is 78.7 Å². The zero-order chi connectivity index (χ0) is 35.9. The molecule has 2 aliphatic rings. The monoisotopic (exact) mass is 693 g/mol. The maximum Gasteiger partial charge on any atom is 0.164 e. The Labute approximate surface area is 317 Å². The third-order valence-electron chi connectivity index (χ3n) is 11.6. The lowest BCUT2D eigenvalue weighted by molar-refractivity contribution is 0.353. The number of benzene rings is 7. The Bertz CT molecular complexity index is 2550. The fraction of sp³-hybridized carbons (Fsp3) is 0.118. The normalized spacial score (nSPS) is 14.1. The summed E-state index contributed by atoms with van der Waals surface area (Å²) >= 11 is 0. The highest BCUT2D eigenvalue weighted by Gasteiger charge is 2.43. The molecule has 1 aromatic heterocycles. The zero-order valence-electron chi connectivity index (χ0n) is 30.1. The number of aromatic nitrogens is 3. The number of rotatable bonds is 6. The summed E-state index contributed by atoms with van der Waals surface area (Å²) < 4.78 is 0. The number of fused-ring (bicyclic) bond motifs is 5. The Morgan fingerprint density at radius 1 is 0.296 bits per heavy atom. The molecule has 1 spiro atoms. The first-order chi connectivity index (χ1) is 26.7. The molecule has 0 amide bonds. The Hall–Kier alpha value is -6.45. The van der Waals surface area contributed by atoms with Crippen molar-refractivity contribution < 1.29 is 0 Å². The summed E-state index contributed by atoms with van der Waals surface area (Å²) in [7, 11) is 0. The second-order valence-corrected chi connectivity index (χ2v) is 14.7. The van der Waals surface area contributed by atoms with Gasteiger partial charge in [0.05, 0.1) is 0 Å². The van der Waals surface area contributed by atoms with Crippen molar-refractivity contribution in [3.05, 3.63) is 187 Å². The summed E-state index contributed by atoms with van der Waals surface area (Å²) in [4.78, 5) is 14.6. The van der Waals surface area contributed by atoms with Crippen LogP contribution < -0.4 is 0 Å². The molecule has 3 heteroatoms. The van der Waals surface area contributed by atoms with Crippen LogP contribution in [0.5, 0.6) is 0 Å². The molecule has 10 rings (SSSR count). The van der Waals surface area contributed by atoms with Crippen molar-refractivity contribution in [2.24, 2.45) is 0 Å². The van der Waals surface area contributed by atoms with Crippen LogP contribution in [-0.2, 0) is 5.41 Å². The lowest BCUT2D eigenvalue weighted by Gasteiger charge is -2.36. The van der Waals surface area contributed by atoms with Gasteiger partial charge in [-0.15, -0.1) is 0 Å². The van der Waals surface area contributed by atoms with Crippen LogP contribution in [0.3, 0.4) is 0 Å². The van der Waals surface area contributed by atoms with Crippen molar-refractivity contribution in [2.75, 3.05) is 0 Å². The summed E-state index contributed by atoms with van der Waals surface area (Å²) in [5.74, 6) is 1.99. The fourth-order valence-corrected chi connectivity index (χ4v) is 8.81. The molecule has 8 aromatic rings. The van der Waals surface area contributed by atoms with Crippen molar-refractivity contribution in [1.82, 2.24) is 15.0 Å². The van der Waals surface area contributed by atoms with E-state index in [1.54, 1.807) is 5.56 Å². The molecule has 0 unspecified atom stereocenters. The first kappa shape index (κ1) is 32.2. The molecule has 7 aromatic carbocycles. The van der Waals surface area contributed by atoms with Crippen molar-refractivity contribution in [1.29, 1.82) is 0 Å². The van der Waals surface area contributed by atoms with Gasteiger partial charge in [-0.2, -0.15) is 0 Å². The molecule has 1 fully saturated rings. The van der Waals surface area contributed by atoms with E-state index in [1.165, 1.54) is 76.6 Å². The summed E-state index contributed by atoms with van der Waals surface area (Å²) in [6, 6.07) is 63.0. The first-order valence-corrected chi connectivity index (χ1v) is 19.1. The van der Waals surface area contributed by atoms with E-state index in [0.717, 1.165) is 22.3 Å². The van der Waals surface area contributed by atoms with E-state index in [-0.39, 0.29) is 5.41 Å². The summed E-state index contributed by atoms with van der Waals surface area (Å²) in [6.45, 7) is 0. The van der Waals surface area contributed by atoms with Gasteiger partial charge < -0.3 is 0 Å². The molecule has 2 aliphatic carbocycles. The van der Waals surface area contributed by atoms with E-state index in [1.807, 2.05) is 60.7 Å². The van der Waals surface area contributed by atoms with Crippen LogP contribution >= 0.6 is 0 Å². The smallest absolute Gasteiger partial charge is 0.164 e. The van der Waals surface area contributed by atoms with Crippen LogP contribution in [-0.4, -0.2) is 15.0 Å². The average Bonchev–Trinajstić information content (AvgIpc) is 3.52. The summed E-state index contributed by atoms with van der Waals surface area (Å²) in [6.07, 6.45) is 6.45. The molecule has 0 N–H and O–H groups in total. The molecule has 1 heterocycles. The topological polar surface area (TPSA) is 38.7 Å². The fourth-order valence-electron chi connectivity index (χ4n) is 8.81. The van der Waals surface area contributed by atoms with Gasteiger partial charge in [-0.25, -0.2) is 15.0 Å². The predicted octanol–water partition coefficient (Wildman–Crippen LogP) is 13.1. The second kappa shape index (κ2) is 13.5. The summed E-state index contributed by atoms with van der Waals surface area (Å²) in [5.41, 5.74) is 16.3. The molecule has 0 bridgehead atoms. The molecular formula is C51H39N3. The van der Waals surface area contributed by atoms with Crippen LogP contribution in [0.1, 0.15) is 43.2 Å². The minimum atomic E-state index is 0.160. The van der Waals surface area contributed by atoms with Gasteiger partial charge in [-0.3, -0.25) is 0 Å². The number of nitrogens with zero attached hydrogens (tertiary/aromatic N) is 3. The van der Waals surface area contributed by atoms with E-state index in [0.29, 0.717) is 17.5 Å². The highest BCUT2D eigenvalue weighted by atomic mass is 15.0. The van der Waals surface area contributed by atoms with Gasteiger partial charge in [0.2, 0.25) is 0 Å². The molecule has 0 saturated heterocycles. The van der Waals surface area contributed by atoms with Gasteiger partial charge >= 0.3 is 0 Å². The van der Waals surface area contributed by atoms with E-state index >= 15 is 0 Å². The highest BCUT2D eigenvalue weighted by Crippen LogP contribution is 2.56. The lowest BCUT2D eigenvalue weighted by Crippen LogP contribution is -2.28. The Kier molecular flexibility index (Phi) is 8.06. The molecular weight excluding hydrogens is 655 g/mol. The molecule has 258 valence electrons. The van der Waals surface area contributed by atoms with Crippen LogP contribution in [0.15, 0.2) is 176 Å². The van der Waals surface area contributed by atoms with Crippen LogP contribution in [0.4, 0.5) is 0 Å². The highest BCUT2D eigenvalue weighted by molar-refractivity contribution is 5.85. The van der Waals surface area contributed by atoms with Crippen LogP contribution in [0, 0.1) is 0 Å². The zero-order valence-corrected chi connectivity index (χ0v) is 30.1. The molecule has 0 atom stereocenters. The Morgan fingerprint density at radius 3 is 1.30 bits per heavy atom. The SMILES string of the molecule is c1ccc(-c2nc(-c3ccccc3)nc(-c3ccc(-c4ccc(-c5cccc(-c6ccc7c(c6)C6(CCCCC6)c6ccccc6-7)c5)cc4)cc3)n2)cc1. The molecule has 0 radical (unpaired) electrons. The first-order valence-electron chi connectivity index (χ1n) is 19.1. The maximum absolute atomic E-state index is 4.90. The van der Waals surface area contributed by atoms with Gasteiger partial charge in [-0.05, 0) is 80.6 Å². The third-order valence-corrected chi connectivity index (χ3v) is 11.6. The van der Waals surface area contributed by atoms with Gasteiger partial charge in [0.1, 0.15) is 0 Å². The van der Waals surface area contributed by atoms with Crippen molar-refractivity contribution in [3.63, 3.8) is 0 Å². The minimum Gasteiger partial charge on any atom is -0.208 e. The van der Waals surface area contributed by atoms with Crippen molar-refractivity contribution >= 4 is 0 Å². The van der Waals surface area contributed by atoms with E-state index < -0.39 is 0 Å². The van der Waals surface area contributed by atoms with E-state index in [4.69, 9.17) is 15.0 Å². The Morgan fingerprint density at radius 2 is 0.704 bits per heavy atom. The van der Waals surface area contributed by atoms with Crippen molar-refractivity contribution in [2.45, 2.75) is 37.5 Å². The van der Waals surface area contributed by atoms with Gasteiger partial charge in [0.15, 0.2) is 17.5 Å². The maximum atomic E-state index is 4.90. The molecule has 54 heavy (non-hydrogen) atoms. The Balaban J connectivity index is 0.923. The average molecular weight is 694 g/mol. The van der Waals surface area contributed by atoms with E-state index in [2.05, 4.69) is 115 Å². The number of hydrogen-bond donors (Lipinski definition) is 0. The number of hydrogen-bond acceptors (Lipinski definition) is 3. The van der Waals surface area contributed by atoms with Crippen molar-refractivity contribution in [3.8, 4) is 78.7 Å². The summed E-state index contributed by atoms with van der Waals surface area (Å²) in [5, 5.41) is 0. The van der Waals surface area contributed by atoms with Gasteiger partial charge in [0.25, 0.3) is 0 Å². The molecule has 1 saturated carbocycles. The van der Waals surface area contributed by atoms with E-state index in [9.17, 15) is 0 Å². The standard InChI is InChI=1S/C51H39N3/c1-4-13-38(14-5-1)48-52-49(39-15-6-2-7-16-39)54-50(53-48)40-27-25-36(26-28-40)35-21-23-37(24-22-35)41-17-12-18-42(33-41)43-29-30-45-44-19-8-9-20-46(44)51(47(45)34-43)31-10-3-11-32-51/h1-2,4-9,12-30,33-34H,3,10-11,31-32H2. The largest absolute Gasteiger partial charge is 0.208 e. The van der Waals surface area contributed by atoms with Crippen LogP contribution in [0.2, 0.25) is 0 Å². The minimum absolute atomic E-state index is 0.160. The quantitative estimate of drug-likeness (QED) is 0.174. The second-order valence-electron chi connectivity index (χ2n) is 14.7. The lowest BCUT2D eigenvalue weighted by atomic mass is 9.67. The third kappa shape index (κ3) is 5.74. The predicted molar refractivity (Wildman–Crippen MR) is 222 cm³/mol. The molecule has 3 nitrogen and oxygen atoms in total.